The molecule has 1 heterocycles. The molecule has 0 radical (unpaired) electrons. The first-order valence-electron chi connectivity index (χ1n) is 7.70. The van der Waals surface area contributed by atoms with E-state index in [-0.39, 0.29) is 17.9 Å². The second kappa shape index (κ2) is 6.96. The number of pyridine rings is 1. The predicted molar refractivity (Wildman–Crippen MR) is 92.7 cm³/mol. The SMILES string of the molecule is CCOC(=O)c1c(O)cc(-c2cccnc2)cc1-c1ccccc1. The summed E-state index contributed by atoms with van der Waals surface area (Å²) in [6.45, 7) is 1.98. The molecule has 0 aliphatic rings. The van der Waals surface area contributed by atoms with E-state index in [1.165, 1.54) is 0 Å². The lowest BCUT2D eigenvalue weighted by atomic mass is 9.94. The zero-order valence-corrected chi connectivity index (χ0v) is 13.3. The van der Waals surface area contributed by atoms with Gasteiger partial charge in [0.05, 0.1) is 6.61 Å². The van der Waals surface area contributed by atoms with E-state index in [4.69, 9.17) is 4.74 Å². The number of aromatic hydroxyl groups is 1. The molecule has 0 fully saturated rings. The molecular weight excluding hydrogens is 302 g/mol. The highest BCUT2D eigenvalue weighted by molar-refractivity contribution is 6.01. The van der Waals surface area contributed by atoms with Crippen LogP contribution in [0.5, 0.6) is 5.75 Å². The fourth-order valence-corrected chi connectivity index (χ4v) is 2.59. The minimum Gasteiger partial charge on any atom is -0.507 e. The summed E-state index contributed by atoms with van der Waals surface area (Å²) in [7, 11) is 0. The van der Waals surface area contributed by atoms with E-state index >= 15 is 0 Å². The summed E-state index contributed by atoms with van der Waals surface area (Å²) < 4.78 is 5.11. The van der Waals surface area contributed by atoms with Crippen LogP contribution in [0.1, 0.15) is 17.3 Å². The summed E-state index contributed by atoms with van der Waals surface area (Å²) in [4.78, 5) is 16.4. The molecule has 120 valence electrons. The third-order valence-corrected chi connectivity index (χ3v) is 3.68. The number of esters is 1. The number of nitrogens with zero attached hydrogens (tertiary/aromatic N) is 1. The maximum absolute atomic E-state index is 12.3. The van der Waals surface area contributed by atoms with Gasteiger partial charge in [-0.3, -0.25) is 4.98 Å². The molecule has 0 atom stereocenters. The number of carbonyl (C=O) groups is 1. The minimum atomic E-state index is -0.536. The molecule has 3 rings (SSSR count). The molecule has 0 unspecified atom stereocenters. The van der Waals surface area contributed by atoms with E-state index in [9.17, 15) is 9.90 Å². The van der Waals surface area contributed by atoms with E-state index in [0.29, 0.717) is 5.56 Å². The first-order chi connectivity index (χ1) is 11.7. The van der Waals surface area contributed by atoms with Crippen molar-refractivity contribution in [3.8, 4) is 28.0 Å². The number of benzene rings is 2. The maximum atomic E-state index is 12.3. The van der Waals surface area contributed by atoms with Crippen molar-refractivity contribution in [2.45, 2.75) is 6.92 Å². The average molecular weight is 319 g/mol. The van der Waals surface area contributed by atoms with Gasteiger partial charge in [-0.1, -0.05) is 36.4 Å². The molecule has 0 bridgehead atoms. The lowest BCUT2D eigenvalue weighted by Gasteiger charge is -2.13. The summed E-state index contributed by atoms with van der Waals surface area (Å²) >= 11 is 0. The maximum Gasteiger partial charge on any atom is 0.342 e. The molecule has 0 aliphatic heterocycles. The zero-order chi connectivity index (χ0) is 16.9. The Morgan fingerprint density at radius 2 is 1.79 bits per heavy atom. The molecule has 4 heteroatoms. The Bertz CT molecular complexity index is 846. The van der Waals surface area contributed by atoms with Crippen molar-refractivity contribution in [3.05, 3.63) is 72.6 Å². The smallest absolute Gasteiger partial charge is 0.342 e. The Morgan fingerprint density at radius 1 is 1.04 bits per heavy atom. The van der Waals surface area contributed by atoms with Crippen molar-refractivity contribution in [2.24, 2.45) is 0 Å². The van der Waals surface area contributed by atoms with Gasteiger partial charge in [0.15, 0.2) is 0 Å². The summed E-state index contributed by atoms with van der Waals surface area (Å²) in [6, 6.07) is 16.6. The number of rotatable bonds is 4. The Hall–Kier alpha value is -3.14. The fourth-order valence-electron chi connectivity index (χ4n) is 2.59. The molecule has 3 aromatic rings. The number of phenols is 1. The largest absolute Gasteiger partial charge is 0.507 e. The summed E-state index contributed by atoms with van der Waals surface area (Å²) in [5, 5.41) is 10.5. The van der Waals surface area contributed by atoms with Crippen molar-refractivity contribution in [1.82, 2.24) is 4.98 Å². The average Bonchev–Trinajstić information content (AvgIpc) is 2.62. The van der Waals surface area contributed by atoms with Crippen LogP contribution in [0.3, 0.4) is 0 Å². The minimum absolute atomic E-state index is 0.103. The van der Waals surface area contributed by atoms with E-state index < -0.39 is 5.97 Å². The van der Waals surface area contributed by atoms with Crippen LogP contribution in [0.4, 0.5) is 0 Å². The first kappa shape index (κ1) is 15.7. The van der Waals surface area contributed by atoms with Crippen LogP contribution in [-0.2, 0) is 4.74 Å². The number of phenolic OH excluding ortho intramolecular Hbond substituents is 1. The van der Waals surface area contributed by atoms with Crippen molar-refractivity contribution in [1.29, 1.82) is 0 Å². The Labute approximate surface area is 140 Å². The first-order valence-corrected chi connectivity index (χ1v) is 7.70. The van der Waals surface area contributed by atoms with Crippen LogP contribution in [0, 0.1) is 0 Å². The third-order valence-electron chi connectivity index (χ3n) is 3.68. The monoisotopic (exact) mass is 319 g/mol. The van der Waals surface area contributed by atoms with Crippen molar-refractivity contribution in [3.63, 3.8) is 0 Å². The van der Waals surface area contributed by atoms with Gasteiger partial charge in [-0.15, -0.1) is 0 Å². The number of hydrogen-bond donors (Lipinski definition) is 1. The number of hydrogen-bond acceptors (Lipinski definition) is 4. The van der Waals surface area contributed by atoms with Crippen molar-refractivity contribution >= 4 is 5.97 Å². The molecular formula is C20H17NO3. The highest BCUT2D eigenvalue weighted by Gasteiger charge is 2.20. The molecule has 0 saturated heterocycles. The molecule has 0 aliphatic carbocycles. The highest BCUT2D eigenvalue weighted by Crippen LogP contribution is 2.36. The van der Waals surface area contributed by atoms with Gasteiger partial charge in [0.2, 0.25) is 0 Å². The summed E-state index contributed by atoms with van der Waals surface area (Å²) in [6.07, 6.45) is 3.40. The molecule has 1 N–H and O–H groups in total. The van der Waals surface area contributed by atoms with E-state index in [0.717, 1.165) is 16.7 Å². The second-order valence-electron chi connectivity index (χ2n) is 5.25. The standard InChI is InChI=1S/C20H17NO3/c1-2-24-20(23)19-17(14-7-4-3-5-8-14)11-16(12-18(19)22)15-9-6-10-21-13-15/h3-13,22H,2H2,1H3. The van der Waals surface area contributed by atoms with E-state index in [2.05, 4.69) is 4.98 Å². The lowest BCUT2D eigenvalue weighted by Crippen LogP contribution is -2.07. The predicted octanol–water partition coefficient (Wildman–Crippen LogP) is 4.30. The molecule has 1 aromatic heterocycles. The van der Waals surface area contributed by atoms with Gasteiger partial charge in [0.25, 0.3) is 0 Å². The Kier molecular flexibility index (Phi) is 4.57. The molecule has 2 aromatic carbocycles. The molecule has 0 spiro atoms. The van der Waals surface area contributed by atoms with Crippen LogP contribution in [0.15, 0.2) is 67.0 Å². The van der Waals surface area contributed by atoms with Gasteiger partial charge >= 0.3 is 5.97 Å². The highest BCUT2D eigenvalue weighted by atomic mass is 16.5. The van der Waals surface area contributed by atoms with Crippen LogP contribution in [0.25, 0.3) is 22.3 Å². The molecule has 24 heavy (non-hydrogen) atoms. The van der Waals surface area contributed by atoms with Crippen LogP contribution < -0.4 is 0 Å². The molecule has 0 amide bonds. The van der Waals surface area contributed by atoms with E-state index in [1.807, 2.05) is 48.5 Å². The number of ether oxygens (including phenoxy) is 1. The lowest BCUT2D eigenvalue weighted by molar-refractivity contribution is 0.0524. The van der Waals surface area contributed by atoms with Crippen LogP contribution in [-0.4, -0.2) is 22.7 Å². The van der Waals surface area contributed by atoms with Gasteiger partial charge in [-0.2, -0.15) is 0 Å². The fraction of sp³-hybridized carbons (Fsp3) is 0.100. The van der Waals surface area contributed by atoms with E-state index in [1.54, 1.807) is 25.4 Å². The van der Waals surface area contributed by atoms with Gasteiger partial charge in [-0.25, -0.2) is 4.79 Å². The zero-order valence-electron chi connectivity index (χ0n) is 13.3. The van der Waals surface area contributed by atoms with Crippen molar-refractivity contribution < 1.29 is 14.6 Å². The number of carbonyl (C=O) groups excluding carboxylic acids is 1. The van der Waals surface area contributed by atoms with Gasteiger partial charge < -0.3 is 9.84 Å². The molecule has 4 nitrogen and oxygen atoms in total. The summed E-state index contributed by atoms with van der Waals surface area (Å²) in [5.41, 5.74) is 3.29. The Morgan fingerprint density at radius 3 is 2.46 bits per heavy atom. The number of aromatic nitrogens is 1. The van der Waals surface area contributed by atoms with Crippen molar-refractivity contribution in [2.75, 3.05) is 6.61 Å². The molecule has 0 saturated carbocycles. The Balaban J connectivity index is 2.21. The second-order valence-corrected chi connectivity index (χ2v) is 5.25. The topological polar surface area (TPSA) is 59.4 Å². The van der Waals surface area contributed by atoms with Crippen LogP contribution in [0.2, 0.25) is 0 Å². The van der Waals surface area contributed by atoms with Gasteiger partial charge in [-0.05, 0) is 36.2 Å². The van der Waals surface area contributed by atoms with Crippen LogP contribution >= 0.6 is 0 Å². The normalized spacial score (nSPS) is 10.4. The summed E-state index contributed by atoms with van der Waals surface area (Å²) in [5.74, 6) is -0.639. The third kappa shape index (κ3) is 3.13. The van der Waals surface area contributed by atoms with Gasteiger partial charge in [0, 0.05) is 23.5 Å². The van der Waals surface area contributed by atoms with Gasteiger partial charge in [0.1, 0.15) is 11.3 Å². The quantitative estimate of drug-likeness (QED) is 0.728.